The highest BCUT2D eigenvalue weighted by atomic mass is 16.2. The first-order valence-corrected chi connectivity index (χ1v) is 7.29. The Hall–Kier alpha value is -1.79. The largest absolute Gasteiger partial charge is 0.339 e. The van der Waals surface area contributed by atoms with Crippen LogP contribution in [0.15, 0.2) is 24.3 Å². The zero-order valence-electron chi connectivity index (χ0n) is 12.1. The quantitative estimate of drug-likeness (QED) is 0.796. The summed E-state index contributed by atoms with van der Waals surface area (Å²) in [5, 5.41) is 0. The number of nitrogens with zero attached hydrogens (tertiary/aromatic N) is 1. The molecular formula is C17H22N2O. The highest BCUT2D eigenvalue weighted by molar-refractivity contribution is 5.94. The molecule has 1 saturated heterocycles. The predicted molar refractivity (Wildman–Crippen MR) is 81.3 cm³/mol. The Labute approximate surface area is 121 Å². The number of hydrogen-bond donors (Lipinski definition) is 1. The summed E-state index contributed by atoms with van der Waals surface area (Å²) in [7, 11) is 0. The van der Waals surface area contributed by atoms with Crippen LogP contribution in [0.4, 0.5) is 0 Å². The molecule has 3 heteroatoms. The van der Waals surface area contributed by atoms with E-state index in [2.05, 4.69) is 18.8 Å². The van der Waals surface area contributed by atoms with Crippen LogP contribution in [0.5, 0.6) is 0 Å². The Morgan fingerprint density at radius 1 is 1.40 bits per heavy atom. The third-order valence-corrected chi connectivity index (χ3v) is 3.75. The molecule has 1 fully saturated rings. The van der Waals surface area contributed by atoms with Gasteiger partial charge in [0.15, 0.2) is 0 Å². The molecule has 0 saturated carbocycles. The number of likely N-dealkylation sites (tertiary alicyclic amines) is 1. The minimum atomic E-state index is 0.121. The van der Waals surface area contributed by atoms with Gasteiger partial charge in [0, 0.05) is 24.2 Å². The van der Waals surface area contributed by atoms with Gasteiger partial charge in [-0.2, -0.15) is 0 Å². The van der Waals surface area contributed by atoms with Gasteiger partial charge < -0.3 is 10.6 Å². The number of nitrogens with two attached hydrogens (primary N) is 1. The van der Waals surface area contributed by atoms with Crippen molar-refractivity contribution in [1.29, 1.82) is 0 Å². The van der Waals surface area contributed by atoms with E-state index < -0.39 is 0 Å². The zero-order valence-corrected chi connectivity index (χ0v) is 12.1. The summed E-state index contributed by atoms with van der Waals surface area (Å²) < 4.78 is 0. The first-order valence-electron chi connectivity index (χ1n) is 7.29. The van der Waals surface area contributed by atoms with Crippen LogP contribution in [0.2, 0.25) is 0 Å². The van der Waals surface area contributed by atoms with Gasteiger partial charge in [0.05, 0.1) is 6.54 Å². The van der Waals surface area contributed by atoms with Gasteiger partial charge in [-0.15, -0.1) is 0 Å². The molecule has 0 bridgehead atoms. The fourth-order valence-corrected chi connectivity index (χ4v) is 2.53. The van der Waals surface area contributed by atoms with Gasteiger partial charge in [-0.1, -0.05) is 24.8 Å². The van der Waals surface area contributed by atoms with Gasteiger partial charge >= 0.3 is 0 Å². The van der Waals surface area contributed by atoms with Crippen LogP contribution in [-0.4, -0.2) is 30.4 Å². The Morgan fingerprint density at radius 2 is 2.25 bits per heavy atom. The molecule has 20 heavy (non-hydrogen) atoms. The maximum atomic E-state index is 12.5. The van der Waals surface area contributed by atoms with Gasteiger partial charge in [0.25, 0.3) is 5.91 Å². The minimum Gasteiger partial charge on any atom is -0.339 e. The number of benzene rings is 1. The lowest BCUT2D eigenvalue weighted by Crippen LogP contribution is -2.32. The van der Waals surface area contributed by atoms with Crippen molar-refractivity contribution in [2.75, 3.05) is 19.6 Å². The standard InChI is InChI=1S/C17H22N2O/c1-14-5-4-11-19(12-9-14)17(20)16-8-2-6-15(13-16)7-3-10-18/h2,6,8,13-14H,4-5,9-12,18H2,1H3. The van der Waals surface area contributed by atoms with E-state index in [1.165, 1.54) is 6.42 Å². The van der Waals surface area contributed by atoms with E-state index in [0.29, 0.717) is 6.54 Å². The molecule has 1 amide bonds. The molecule has 2 rings (SSSR count). The highest BCUT2D eigenvalue weighted by Crippen LogP contribution is 2.18. The summed E-state index contributed by atoms with van der Waals surface area (Å²) in [5.74, 6) is 6.63. The number of rotatable bonds is 1. The molecule has 1 unspecified atom stereocenters. The van der Waals surface area contributed by atoms with Crippen LogP contribution in [-0.2, 0) is 0 Å². The van der Waals surface area contributed by atoms with Crippen molar-refractivity contribution in [1.82, 2.24) is 4.90 Å². The molecule has 1 aromatic carbocycles. The topological polar surface area (TPSA) is 46.3 Å². The average molecular weight is 270 g/mol. The van der Waals surface area contributed by atoms with Crippen LogP contribution in [0, 0.1) is 17.8 Å². The molecule has 0 spiro atoms. The molecule has 3 nitrogen and oxygen atoms in total. The second-order valence-corrected chi connectivity index (χ2v) is 5.41. The van der Waals surface area contributed by atoms with Crippen molar-refractivity contribution in [2.45, 2.75) is 26.2 Å². The molecular weight excluding hydrogens is 248 g/mol. The van der Waals surface area contributed by atoms with Gasteiger partial charge in [-0.3, -0.25) is 4.79 Å². The van der Waals surface area contributed by atoms with Crippen molar-refractivity contribution in [2.24, 2.45) is 11.7 Å². The van der Waals surface area contributed by atoms with Crippen molar-refractivity contribution < 1.29 is 4.79 Å². The molecule has 106 valence electrons. The van der Waals surface area contributed by atoms with E-state index in [1.807, 2.05) is 29.2 Å². The van der Waals surface area contributed by atoms with Crippen molar-refractivity contribution in [3.63, 3.8) is 0 Å². The zero-order chi connectivity index (χ0) is 14.4. The number of hydrogen-bond acceptors (Lipinski definition) is 2. The lowest BCUT2D eigenvalue weighted by Gasteiger charge is -2.20. The smallest absolute Gasteiger partial charge is 0.253 e. The lowest BCUT2D eigenvalue weighted by molar-refractivity contribution is 0.0760. The van der Waals surface area contributed by atoms with Gasteiger partial charge in [-0.25, -0.2) is 0 Å². The van der Waals surface area contributed by atoms with E-state index in [9.17, 15) is 4.79 Å². The number of carbonyl (C=O) groups excluding carboxylic acids is 1. The van der Waals surface area contributed by atoms with Crippen LogP contribution in [0.25, 0.3) is 0 Å². The first-order chi connectivity index (χ1) is 9.70. The van der Waals surface area contributed by atoms with Crippen molar-refractivity contribution in [3.8, 4) is 11.8 Å². The molecule has 1 atom stereocenters. The Morgan fingerprint density at radius 3 is 3.05 bits per heavy atom. The van der Waals surface area contributed by atoms with Gasteiger partial charge in [0.2, 0.25) is 0 Å². The second-order valence-electron chi connectivity index (χ2n) is 5.41. The number of amides is 1. The van der Waals surface area contributed by atoms with Gasteiger partial charge in [-0.05, 0) is 43.4 Å². The Bertz CT molecular complexity index is 527. The van der Waals surface area contributed by atoms with E-state index >= 15 is 0 Å². The van der Waals surface area contributed by atoms with Gasteiger partial charge in [0.1, 0.15) is 0 Å². The monoisotopic (exact) mass is 270 g/mol. The SMILES string of the molecule is CC1CCCN(C(=O)c2cccc(C#CCN)c2)CC1. The van der Waals surface area contributed by atoms with E-state index in [4.69, 9.17) is 5.73 Å². The fraction of sp³-hybridized carbons (Fsp3) is 0.471. The first kappa shape index (κ1) is 14.6. The normalized spacial score (nSPS) is 18.9. The Balaban J connectivity index is 2.12. The molecule has 0 aliphatic carbocycles. The van der Waals surface area contributed by atoms with Crippen molar-refractivity contribution >= 4 is 5.91 Å². The maximum absolute atomic E-state index is 12.5. The summed E-state index contributed by atoms with van der Waals surface area (Å²) >= 11 is 0. The molecule has 0 radical (unpaired) electrons. The van der Waals surface area contributed by atoms with Crippen LogP contribution in [0.3, 0.4) is 0 Å². The summed E-state index contributed by atoms with van der Waals surface area (Å²) in [6.45, 7) is 4.32. The van der Waals surface area contributed by atoms with E-state index in [1.54, 1.807) is 0 Å². The average Bonchev–Trinajstić information content (AvgIpc) is 2.69. The van der Waals surface area contributed by atoms with Crippen LogP contribution in [0.1, 0.15) is 42.1 Å². The third-order valence-electron chi connectivity index (χ3n) is 3.75. The summed E-state index contributed by atoms with van der Waals surface area (Å²) in [5.41, 5.74) is 6.95. The van der Waals surface area contributed by atoms with Crippen LogP contribution >= 0.6 is 0 Å². The summed E-state index contributed by atoms with van der Waals surface area (Å²) in [4.78, 5) is 14.5. The van der Waals surface area contributed by atoms with E-state index in [0.717, 1.165) is 43.0 Å². The predicted octanol–water partition coefficient (Wildman–Crippen LogP) is 2.26. The molecule has 0 aromatic heterocycles. The molecule has 1 heterocycles. The van der Waals surface area contributed by atoms with Crippen LogP contribution < -0.4 is 5.73 Å². The summed E-state index contributed by atoms with van der Waals surface area (Å²) in [6, 6.07) is 7.52. The third kappa shape index (κ3) is 3.85. The molecule has 1 aliphatic rings. The molecule has 2 N–H and O–H groups in total. The minimum absolute atomic E-state index is 0.121. The Kier molecular flexibility index (Phi) is 5.20. The fourth-order valence-electron chi connectivity index (χ4n) is 2.53. The van der Waals surface area contributed by atoms with E-state index in [-0.39, 0.29) is 5.91 Å². The molecule has 1 aromatic rings. The lowest BCUT2D eigenvalue weighted by atomic mass is 10.0. The second kappa shape index (κ2) is 7.12. The maximum Gasteiger partial charge on any atom is 0.253 e. The molecule has 1 aliphatic heterocycles. The van der Waals surface area contributed by atoms with Crippen molar-refractivity contribution in [3.05, 3.63) is 35.4 Å². The number of carbonyl (C=O) groups is 1. The summed E-state index contributed by atoms with van der Waals surface area (Å²) in [6.07, 6.45) is 3.41. The highest BCUT2D eigenvalue weighted by Gasteiger charge is 2.19.